The number of hydrogen-bond donors (Lipinski definition) is 1. The number of rotatable bonds is 10. The van der Waals surface area contributed by atoms with Gasteiger partial charge in [0.2, 0.25) is 0 Å². The Bertz CT molecular complexity index is 394. The van der Waals surface area contributed by atoms with Crippen LogP contribution in [0.2, 0.25) is 0 Å². The zero-order chi connectivity index (χ0) is 14.8. The lowest BCUT2D eigenvalue weighted by molar-refractivity contribution is 0.0698. The molecule has 0 aliphatic heterocycles. The molecule has 0 radical (unpaired) electrons. The van der Waals surface area contributed by atoms with Gasteiger partial charge in [0.25, 0.3) is 0 Å². The van der Waals surface area contributed by atoms with Crippen molar-refractivity contribution in [1.82, 2.24) is 0 Å². The van der Waals surface area contributed by atoms with E-state index in [1.54, 1.807) is 6.07 Å². The van der Waals surface area contributed by atoms with Crippen molar-refractivity contribution in [2.75, 3.05) is 12.3 Å². The number of hydrogen-bond acceptors (Lipinski definition) is 1. The maximum atomic E-state index is 11.4. The van der Waals surface area contributed by atoms with E-state index in [9.17, 15) is 9.90 Å². The van der Waals surface area contributed by atoms with Crippen LogP contribution in [0.15, 0.2) is 24.3 Å². The standard InChI is InChI=1S/C17H27O2P/c1-3-5-9-13-20(14-10-6-4-2)16-12-8-7-11-15(16)17(18)19/h7-8,11-12H,3-6,9-10,13-14H2,1-2H3,(H,18,19). The van der Waals surface area contributed by atoms with Gasteiger partial charge in [-0.1, -0.05) is 65.7 Å². The minimum absolute atomic E-state index is 0.313. The van der Waals surface area contributed by atoms with Crippen LogP contribution in [-0.4, -0.2) is 23.4 Å². The number of benzene rings is 1. The van der Waals surface area contributed by atoms with E-state index in [0.717, 1.165) is 5.30 Å². The Kier molecular flexibility index (Phi) is 8.53. The zero-order valence-electron chi connectivity index (χ0n) is 12.8. The molecule has 0 unspecified atom stereocenters. The molecule has 112 valence electrons. The fraction of sp³-hybridized carbons (Fsp3) is 0.588. The number of carbonyl (C=O) groups is 1. The quantitative estimate of drug-likeness (QED) is 0.493. The predicted molar refractivity (Wildman–Crippen MR) is 88.7 cm³/mol. The lowest BCUT2D eigenvalue weighted by Crippen LogP contribution is -2.16. The fourth-order valence-electron chi connectivity index (χ4n) is 2.39. The van der Waals surface area contributed by atoms with Crippen LogP contribution in [0.4, 0.5) is 0 Å². The molecule has 2 nitrogen and oxygen atoms in total. The maximum absolute atomic E-state index is 11.4. The number of unbranched alkanes of at least 4 members (excludes halogenated alkanes) is 4. The van der Waals surface area contributed by atoms with Gasteiger partial charge in [-0.2, -0.15) is 0 Å². The van der Waals surface area contributed by atoms with Gasteiger partial charge < -0.3 is 5.11 Å². The summed E-state index contributed by atoms with van der Waals surface area (Å²) in [6, 6.07) is 7.61. The highest BCUT2D eigenvalue weighted by atomic mass is 31.1. The van der Waals surface area contributed by atoms with E-state index in [1.165, 1.54) is 50.8 Å². The van der Waals surface area contributed by atoms with Crippen LogP contribution in [0.3, 0.4) is 0 Å². The first-order chi connectivity index (χ1) is 9.70. The summed E-state index contributed by atoms with van der Waals surface area (Å²) in [4.78, 5) is 11.4. The van der Waals surface area contributed by atoms with E-state index in [-0.39, 0.29) is 7.92 Å². The zero-order valence-corrected chi connectivity index (χ0v) is 13.7. The van der Waals surface area contributed by atoms with Crippen LogP contribution in [0.5, 0.6) is 0 Å². The van der Waals surface area contributed by atoms with Gasteiger partial charge in [0.05, 0.1) is 5.56 Å². The first-order valence-corrected chi connectivity index (χ1v) is 9.49. The van der Waals surface area contributed by atoms with Gasteiger partial charge in [-0.15, -0.1) is 0 Å². The lowest BCUT2D eigenvalue weighted by Gasteiger charge is -2.20. The average Bonchev–Trinajstić information content (AvgIpc) is 2.46. The highest BCUT2D eigenvalue weighted by molar-refractivity contribution is 7.65. The summed E-state index contributed by atoms with van der Waals surface area (Å²) < 4.78 is 0. The van der Waals surface area contributed by atoms with E-state index in [0.29, 0.717) is 5.56 Å². The molecule has 0 fully saturated rings. The lowest BCUT2D eigenvalue weighted by atomic mass is 10.2. The first kappa shape index (κ1) is 17.2. The Hall–Kier alpha value is -0.880. The van der Waals surface area contributed by atoms with Crippen LogP contribution in [-0.2, 0) is 0 Å². The molecule has 1 aromatic rings. The summed E-state index contributed by atoms with van der Waals surface area (Å²) in [7, 11) is -0.313. The van der Waals surface area contributed by atoms with E-state index in [1.807, 2.05) is 18.2 Å². The topological polar surface area (TPSA) is 37.3 Å². The number of carboxylic acids is 1. The third-order valence-corrected chi connectivity index (χ3v) is 6.32. The average molecular weight is 294 g/mol. The SMILES string of the molecule is CCCCCP(CCCCC)c1ccccc1C(=O)O. The van der Waals surface area contributed by atoms with Crippen molar-refractivity contribution in [2.24, 2.45) is 0 Å². The molecule has 0 heterocycles. The predicted octanol–water partition coefficient (Wildman–Crippen LogP) is 4.87. The van der Waals surface area contributed by atoms with Crippen molar-refractivity contribution in [2.45, 2.75) is 52.4 Å². The second-order valence-electron chi connectivity index (χ2n) is 5.22. The molecule has 0 saturated carbocycles. The van der Waals surface area contributed by atoms with Crippen molar-refractivity contribution in [3.63, 3.8) is 0 Å². The summed E-state index contributed by atoms with van der Waals surface area (Å²) in [6.45, 7) is 4.43. The smallest absolute Gasteiger partial charge is 0.336 e. The normalized spacial score (nSPS) is 10.9. The molecule has 20 heavy (non-hydrogen) atoms. The van der Waals surface area contributed by atoms with E-state index < -0.39 is 5.97 Å². The molecule has 1 rings (SSSR count). The van der Waals surface area contributed by atoms with Crippen molar-refractivity contribution in [3.8, 4) is 0 Å². The monoisotopic (exact) mass is 294 g/mol. The summed E-state index contributed by atoms with van der Waals surface area (Å²) in [5.74, 6) is -0.779. The van der Waals surface area contributed by atoms with Crippen LogP contribution in [0.25, 0.3) is 0 Å². The van der Waals surface area contributed by atoms with Gasteiger partial charge in [-0.3, -0.25) is 0 Å². The minimum Gasteiger partial charge on any atom is -0.478 e. The third-order valence-electron chi connectivity index (χ3n) is 3.54. The molecule has 0 amide bonds. The molecule has 0 saturated heterocycles. The summed E-state index contributed by atoms with van der Waals surface area (Å²) in [5, 5.41) is 10.5. The second-order valence-corrected chi connectivity index (χ2v) is 7.68. The maximum Gasteiger partial charge on any atom is 0.336 e. The Morgan fingerprint density at radius 3 is 2.05 bits per heavy atom. The highest BCUT2D eigenvalue weighted by Gasteiger charge is 2.17. The van der Waals surface area contributed by atoms with Crippen molar-refractivity contribution in [1.29, 1.82) is 0 Å². The van der Waals surface area contributed by atoms with E-state index in [2.05, 4.69) is 13.8 Å². The molecule has 0 spiro atoms. The first-order valence-electron chi connectivity index (χ1n) is 7.78. The minimum atomic E-state index is -0.779. The van der Waals surface area contributed by atoms with Gasteiger partial charge in [0.15, 0.2) is 0 Å². The summed E-state index contributed by atoms with van der Waals surface area (Å²) >= 11 is 0. The number of carboxylic acid groups (broad SMARTS) is 1. The molecule has 0 aliphatic carbocycles. The molecule has 0 aromatic heterocycles. The van der Waals surface area contributed by atoms with Crippen LogP contribution < -0.4 is 5.30 Å². The van der Waals surface area contributed by atoms with E-state index in [4.69, 9.17) is 0 Å². The summed E-state index contributed by atoms with van der Waals surface area (Å²) in [5.41, 5.74) is 0.520. The van der Waals surface area contributed by atoms with Crippen molar-refractivity contribution < 1.29 is 9.90 Å². The molecular weight excluding hydrogens is 267 g/mol. The van der Waals surface area contributed by atoms with Gasteiger partial charge in [-0.05, 0) is 36.5 Å². The largest absolute Gasteiger partial charge is 0.478 e. The fourth-order valence-corrected chi connectivity index (χ4v) is 5.11. The molecule has 0 atom stereocenters. The van der Waals surface area contributed by atoms with Crippen LogP contribution in [0.1, 0.15) is 62.7 Å². The van der Waals surface area contributed by atoms with Gasteiger partial charge >= 0.3 is 5.97 Å². The van der Waals surface area contributed by atoms with Crippen molar-refractivity contribution in [3.05, 3.63) is 29.8 Å². The van der Waals surface area contributed by atoms with Gasteiger partial charge in [0, 0.05) is 0 Å². The molecule has 1 aromatic carbocycles. The van der Waals surface area contributed by atoms with E-state index >= 15 is 0 Å². The Balaban J connectivity index is 2.81. The van der Waals surface area contributed by atoms with Crippen molar-refractivity contribution >= 4 is 19.2 Å². The summed E-state index contributed by atoms with van der Waals surface area (Å²) in [6.07, 6.45) is 9.75. The van der Waals surface area contributed by atoms with Gasteiger partial charge in [0.1, 0.15) is 0 Å². The molecule has 0 aliphatic rings. The van der Waals surface area contributed by atoms with Crippen LogP contribution >= 0.6 is 7.92 Å². The molecule has 3 heteroatoms. The van der Waals surface area contributed by atoms with Crippen LogP contribution in [0, 0.1) is 0 Å². The molecule has 0 bridgehead atoms. The molecule has 1 N–H and O–H groups in total. The number of aromatic carboxylic acids is 1. The Labute approximate surface area is 124 Å². The molecular formula is C17H27O2P. The second kappa shape index (κ2) is 9.94. The Morgan fingerprint density at radius 1 is 1.00 bits per heavy atom. The third kappa shape index (κ3) is 5.63. The van der Waals surface area contributed by atoms with Gasteiger partial charge in [-0.25, -0.2) is 4.79 Å². The highest BCUT2D eigenvalue weighted by Crippen LogP contribution is 2.38. The Morgan fingerprint density at radius 2 is 1.55 bits per heavy atom.